The van der Waals surface area contributed by atoms with Crippen LogP contribution in [0.15, 0.2) is 37.4 Å². The van der Waals surface area contributed by atoms with Gasteiger partial charge in [-0.15, -0.1) is 0 Å². The van der Waals surface area contributed by atoms with Crippen molar-refractivity contribution in [1.29, 1.82) is 0 Å². The Kier molecular flexibility index (Phi) is 3.69. The van der Waals surface area contributed by atoms with E-state index in [2.05, 4.69) is 67.7 Å². The second-order valence-electron chi connectivity index (χ2n) is 6.14. The Labute approximate surface area is 133 Å². The summed E-state index contributed by atoms with van der Waals surface area (Å²) in [5.74, 6) is 0. The Hall–Kier alpha value is -2.22. The summed E-state index contributed by atoms with van der Waals surface area (Å²) in [5, 5.41) is 0. The van der Waals surface area contributed by atoms with E-state index in [1.54, 1.807) is 0 Å². The van der Waals surface area contributed by atoms with Gasteiger partial charge in [0, 0.05) is 47.0 Å². The Balaban J connectivity index is 2.16. The molecular formula is C20H24N2. The number of benzene rings is 1. The van der Waals surface area contributed by atoms with Gasteiger partial charge in [-0.3, -0.25) is 0 Å². The molecule has 0 aliphatic carbocycles. The zero-order valence-corrected chi connectivity index (χ0v) is 13.8. The van der Waals surface area contributed by atoms with E-state index in [0.29, 0.717) is 0 Å². The van der Waals surface area contributed by atoms with Crippen molar-refractivity contribution in [2.75, 3.05) is 18.0 Å². The molecule has 2 nitrogen and oxygen atoms in total. The van der Waals surface area contributed by atoms with Crippen molar-refractivity contribution in [2.45, 2.75) is 27.2 Å². The van der Waals surface area contributed by atoms with E-state index in [9.17, 15) is 0 Å². The molecule has 22 heavy (non-hydrogen) atoms. The Morgan fingerprint density at radius 2 is 1.82 bits per heavy atom. The topological polar surface area (TPSA) is 8.17 Å². The second-order valence-corrected chi connectivity index (χ2v) is 6.14. The van der Waals surface area contributed by atoms with E-state index in [-0.39, 0.29) is 0 Å². The molecule has 0 atom stereocenters. The first kappa shape index (κ1) is 14.7. The maximum atomic E-state index is 4.14. The fraction of sp³-hybridized carbons (Fsp3) is 0.300. The SMILES string of the molecule is C=Cc1c(C(=C)C)c(C)n(-c2cccc(N3CCC3)c2)c1C. The molecule has 1 fully saturated rings. The minimum atomic E-state index is 1.09. The highest BCUT2D eigenvalue weighted by atomic mass is 15.2. The summed E-state index contributed by atoms with van der Waals surface area (Å²) in [7, 11) is 0. The number of aromatic nitrogens is 1. The number of anilines is 1. The lowest BCUT2D eigenvalue weighted by Crippen LogP contribution is -2.36. The zero-order valence-electron chi connectivity index (χ0n) is 13.8. The monoisotopic (exact) mass is 292 g/mol. The van der Waals surface area contributed by atoms with Crippen LogP contribution in [0, 0.1) is 13.8 Å². The van der Waals surface area contributed by atoms with Gasteiger partial charge in [-0.2, -0.15) is 0 Å². The number of hydrogen-bond acceptors (Lipinski definition) is 1. The van der Waals surface area contributed by atoms with Gasteiger partial charge in [0.1, 0.15) is 0 Å². The van der Waals surface area contributed by atoms with Crippen LogP contribution in [0.25, 0.3) is 17.3 Å². The van der Waals surface area contributed by atoms with E-state index in [1.807, 2.05) is 6.08 Å². The third-order valence-corrected chi connectivity index (χ3v) is 4.63. The van der Waals surface area contributed by atoms with Crippen LogP contribution >= 0.6 is 0 Å². The van der Waals surface area contributed by atoms with Crippen LogP contribution in [0.5, 0.6) is 0 Å². The van der Waals surface area contributed by atoms with E-state index in [0.717, 1.165) is 5.57 Å². The highest BCUT2D eigenvalue weighted by molar-refractivity contribution is 5.76. The third kappa shape index (κ3) is 2.19. The predicted octanol–water partition coefficient (Wildman–Crippen LogP) is 4.98. The van der Waals surface area contributed by atoms with Gasteiger partial charge >= 0.3 is 0 Å². The van der Waals surface area contributed by atoms with Crippen LogP contribution < -0.4 is 4.90 Å². The molecule has 114 valence electrons. The van der Waals surface area contributed by atoms with Crippen LogP contribution in [0.4, 0.5) is 5.69 Å². The van der Waals surface area contributed by atoms with Crippen molar-refractivity contribution in [2.24, 2.45) is 0 Å². The highest BCUT2D eigenvalue weighted by Crippen LogP contribution is 2.32. The quantitative estimate of drug-likeness (QED) is 0.771. The predicted molar refractivity (Wildman–Crippen MR) is 96.9 cm³/mol. The first-order valence-corrected chi connectivity index (χ1v) is 7.90. The van der Waals surface area contributed by atoms with Gasteiger partial charge in [0.2, 0.25) is 0 Å². The largest absolute Gasteiger partial charge is 0.371 e. The second kappa shape index (κ2) is 5.53. The minimum absolute atomic E-state index is 1.09. The van der Waals surface area contributed by atoms with Crippen LogP contribution in [0.1, 0.15) is 35.9 Å². The third-order valence-electron chi connectivity index (χ3n) is 4.63. The molecule has 0 unspecified atom stereocenters. The lowest BCUT2D eigenvalue weighted by atomic mass is 10.0. The maximum absolute atomic E-state index is 4.14. The molecule has 1 aromatic heterocycles. The molecule has 2 heterocycles. The smallest absolute Gasteiger partial charge is 0.0476 e. The van der Waals surface area contributed by atoms with Crippen LogP contribution in [-0.2, 0) is 0 Å². The molecule has 0 spiro atoms. The number of hydrogen-bond donors (Lipinski definition) is 0. The van der Waals surface area contributed by atoms with E-state index in [4.69, 9.17) is 0 Å². The Morgan fingerprint density at radius 3 is 2.32 bits per heavy atom. The molecule has 1 saturated heterocycles. The van der Waals surface area contributed by atoms with E-state index >= 15 is 0 Å². The van der Waals surface area contributed by atoms with Crippen molar-refractivity contribution in [3.63, 3.8) is 0 Å². The summed E-state index contributed by atoms with van der Waals surface area (Å²) in [6, 6.07) is 8.81. The lowest BCUT2D eigenvalue weighted by molar-refractivity contribution is 0.617. The minimum Gasteiger partial charge on any atom is -0.371 e. The molecule has 0 N–H and O–H groups in total. The van der Waals surface area contributed by atoms with E-state index in [1.165, 1.54) is 53.4 Å². The van der Waals surface area contributed by atoms with Crippen molar-refractivity contribution in [3.05, 3.63) is 59.9 Å². The summed E-state index contributed by atoms with van der Waals surface area (Å²) < 4.78 is 2.32. The summed E-state index contributed by atoms with van der Waals surface area (Å²) in [4.78, 5) is 2.42. The maximum Gasteiger partial charge on any atom is 0.0476 e. The molecule has 2 aromatic rings. The first-order valence-electron chi connectivity index (χ1n) is 7.90. The average Bonchev–Trinajstić information content (AvgIpc) is 2.68. The first-order chi connectivity index (χ1) is 10.5. The van der Waals surface area contributed by atoms with Crippen molar-refractivity contribution in [1.82, 2.24) is 4.57 Å². The van der Waals surface area contributed by atoms with Crippen LogP contribution in [0.3, 0.4) is 0 Å². The van der Waals surface area contributed by atoms with Gasteiger partial charge in [-0.05, 0) is 51.0 Å². The van der Waals surface area contributed by atoms with Gasteiger partial charge in [0.15, 0.2) is 0 Å². The molecule has 0 amide bonds. The number of rotatable bonds is 4. The van der Waals surface area contributed by atoms with Gasteiger partial charge in [0.05, 0.1) is 0 Å². The standard InChI is InChI=1S/C20H24N2/c1-6-19-15(4)22(16(5)20(19)14(2)3)18-10-7-9-17(13-18)21-11-8-12-21/h6-7,9-10,13H,1-2,8,11-12H2,3-5H3. The van der Waals surface area contributed by atoms with Crippen molar-refractivity contribution < 1.29 is 0 Å². The highest BCUT2D eigenvalue weighted by Gasteiger charge is 2.19. The normalized spacial score (nSPS) is 13.9. The average molecular weight is 292 g/mol. The fourth-order valence-corrected chi connectivity index (χ4v) is 3.44. The van der Waals surface area contributed by atoms with Gasteiger partial charge < -0.3 is 9.47 Å². The summed E-state index contributed by atoms with van der Waals surface area (Å²) >= 11 is 0. The number of allylic oxidation sites excluding steroid dienone is 1. The zero-order chi connectivity index (χ0) is 15.9. The van der Waals surface area contributed by atoms with Crippen LogP contribution in [0.2, 0.25) is 0 Å². The summed E-state index contributed by atoms with van der Waals surface area (Å²) in [5.41, 5.74) is 8.50. The fourth-order valence-electron chi connectivity index (χ4n) is 3.44. The van der Waals surface area contributed by atoms with Gasteiger partial charge in [-0.25, -0.2) is 0 Å². The van der Waals surface area contributed by atoms with Crippen molar-refractivity contribution >= 4 is 17.3 Å². The molecule has 1 aliphatic heterocycles. The van der Waals surface area contributed by atoms with Crippen molar-refractivity contribution in [3.8, 4) is 5.69 Å². The van der Waals surface area contributed by atoms with Gasteiger partial charge in [0.25, 0.3) is 0 Å². The Bertz CT molecular complexity index is 745. The number of nitrogens with zero attached hydrogens (tertiary/aromatic N) is 2. The molecule has 3 rings (SSSR count). The molecular weight excluding hydrogens is 268 g/mol. The molecule has 1 aromatic carbocycles. The lowest BCUT2D eigenvalue weighted by Gasteiger charge is -2.33. The molecule has 0 radical (unpaired) electrons. The molecule has 1 aliphatic rings. The Morgan fingerprint density at radius 1 is 1.14 bits per heavy atom. The van der Waals surface area contributed by atoms with Crippen LogP contribution in [-0.4, -0.2) is 17.7 Å². The summed E-state index contributed by atoms with van der Waals surface area (Å²) in [6.45, 7) is 16.9. The molecule has 2 heteroatoms. The van der Waals surface area contributed by atoms with Gasteiger partial charge in [-0.1, -0.05) is 25.3 Å². The van der Waals surface area contributed by atoms with E-state index < -0.39 is 0 Å². The molecule has 0 saturated carbocycles. The molecule has 0 bridgehead atoms. The summed E-state index contributed by atoms with van der Waals surface area (Å²) in [6.07, 6.45) is 3.24.